The first kappa shape index (κ1) is 14.5. The fraction of sp³-hybridized carbons (Fsp3) is 0.500. The molecule has 0 saturated carbocycles. The lowest BCUT2D eigenvalue weighted by molar-refractivity contribution is -0.141. The van der Waals surface area contributed by atoms with Crippen LogP contribution in [0.2, 0.25) is 0 Å². The molecule has 0 aromatic heterocycles. The Bertz CT molecular complexity index is 378. The van der Waals surface area contributed by atoms with E-state index >= 15 is 0 Å². The summed E-state index contributed by atoms with van der Waals surface area (Å²) in [5, 5.41) is 8.96. The number of hydrogen-bond acceptors (Lipinski definition) is 2. The smallest absolute Gasteiger partial charge is 0.308 e. The average molecular weight is 253 g/mol. The van der Waals surface area contributed by atoms with Gasteiger partial charge in [-0.25, -0.2) is 4.39 Å². The van der Waals surface area contributed by atoms with E-state index in [9.17, 15) is 9.18 Å². The van der Waals surface area contributed by atoms with E-state index < -0.39 is 5.97 Å². The molecule has 100 valence electrons. The van der Waals surface area contributed by atoms with Gasteiger partial charge in [0.05, 0.1) is 5.92 Å². The number of hydrogen-bond donors (Lipinski definition) is 1. The number of benzene rings is 1. The van der Waals surface area contributed by atoms with Crippen LogP contribution in [-0.4, -0.2) is 24.2 Å². The first-order valence-corrected chi connectivity index (χ1v) is 6.40. The van der Waals surface area contributed by atoms with Crippen molar-refractivity contribution in [2.45, 2.75) is 26.7 Å². The van der Waals surface area contributed by atoms with Gasteiger partial charge in [0.15, 0.2) is 0 Å². The monoisotopic (exact) mass is 253 g/mol. The largest absolute Gasteiger partial charge is 0.481 e. The molecule has 1 fully saturated rings. The molecule has 4 heteroatoms. The zero-order chi connectivity index (χ0) is 13.5. The Balaban J connectivity index is 0.000000771. The SMILES string of the molecule is CC.O=C(O)C1CCCN(c2ccc(F)cc2)C1. The van der Waals surface area contributed by atoms with Gasteiger partial charge in [0.2, 0.25) is 0 Å². The molecule has 2 rings (SSSR count). The first-order valence-electron chi connectivity index (χ1n) is 6.40. The molecule has 1 aliphatic rings. The van der Waals surface area contributed by atoms with Gasteiger partial charge in [-0.2, -0.15) is 0 Å². The van der Waals surface area contributed by atoms with Crippen molar-refractivity contribution in [2.24, 2.45) is 5.92 Å². The van der Waals surface area contributed by atoms with Crippen molar-refractivity contribution < 1.29 is 14.3 Å². The van der Waals surface area contributed by atoms with Gasteiger partial charge in [-0.1, -0.05) is 13.8 Å². The molecule has 0 aliphatic carbocycles. The second kappa shape index (κ2) is 6.99. The standard InChI is InChI=1S/C12H14FNO2.C2H6/c13-10-3-5-11(6-4-10)14-7-1-2-9(8-14)12(15)16;1-2/h3-6,9H,1-2,7-8H2,(H,15,16);1-2H3. The number of halogens is 1. The predicted octanol–water partition coefficient (Wildman–Crippen LogP) is 3.15. The Labute approximate surface area is 107 Å². The van der Waals surface area contributed by atoms with Crippen molar-refractivity contribution in [3.63, 3.8) is 0 Å². The van der Waals surface area contributed by atoms with Crippen LogP contribution in [0, 0.1) is 11.7 Å². The summed E-state index contributed by atoms with van der Waals surface area (Å²) in [7, 11) is 0. The Morgan fingerprint density at radius 2 is 1.94 bits per heavy atom. The summed E-state index contributed by atoms with van der Waals surface area (Å²) in [6.45, 7) is 5.36. The van der Waals surface area contributed by atoms with Crippen LogP contribution in [0.3, 0.4) is 0 Å². The molecule has 1 aromatic rings. The van der Waals surface area contributed by atoms with Crippen LogP contribution in [0.15, 0.2) is 24.3 Å². The number of carboxylic acids is 1. The van der Waals surface area contributed by atoms with Crippen molar-refractivity contribution in [2.75, 3.05) is 18.0 Å². The van der Waals surface area contributed by atoms with Crippen LogP contribution in [-0.2, 0) is 4.79 Å². The normalized spacial score (nSPS) is 18.8. The highest BCUT2D eigenvalue weighted by molar-refractivity contribution is 5.71. The van der Waals surface area contributed by atoms with Gasteiger partial charge >= 0.3 is 5.97 Å². The third-order valence-corrected chi connectivity index (χ3v) is 2.96. The average Bonchev–Trinajstić information content (AvgIpc) is 2.42. The van der Waals surface area contributed by atoms with E-state index in [0.717, 1.165) is 25.1 Å². The van der Waals surface area contributed by atoms with Crippen LogP contribution in [0.25, 0.3) is 0 Å². The summed E-state index contributed by atoms with van der Waals surface area (Å²) in [6, 6.07) is 6.19. The number of anilines is 1. The minimum Gasteiger partial charge on any atom is -0.481 e. The Hall–Kier alpha value is -1.58. The maximum atomic E-state index is 12.7. The van der Waals surface area contributed by atoms with Gasteiger partial charge in [0.25, 0.3) is 0 Å². The summed E-state index contributed by atoms with van der Waals surface area (Å²) >= 11 is 0. The van der Waals surface area contributed by atoms with Crippen molar-refractivity contribution in [1.82, 2.24) is 0 Å². The second-order valence-electron chi connectivity index (χ2n) is 4.10. The maximum absolute atomic E-state index is 12.7. The first-order chi connectivity index (χ1) is 8.66. The number of carboxylic acid groups (broad SMARTS) is 1. The fourth-order valence-electron chi connectivity index (χ4n) is 2.07. The van der Waals surface area contributed by atoms with E-state index in [1.165, 1.54) is 12.1 Å². The lowest BCUT2D eigenvalue weighted by Crippen LogP contribution is -2.38. The number of piperidine rings is 1. The summed E-state index contributed by atoms with van der Waals surface area (Å²) in [5.74, 6) is -1.32. The summed E-state index contributed by atoms with van der Waals surface area (Å²) < 4.78 is 12.7. The summed E-state index contributed by atoms with van der Waals surface area (Å²) in [5.41, 5.74) is 0.896. The maximum Gasteiger partial charge on any atom is 0.308 e. The number of carbonyl (C=O) groups is 1. The zero-order valence-corrected chi connectivity index (χ0v) is 10.9. The topological polar surface area (TPSA) is 40.5 Å². The molecule has 18 heavy (non-hydrogen) atoms. The Morgan fingerprint density at radius 3 is 2.50 bits per heavy atom. The van der Waals surface area contributed by atoms with Crippen molar-refractivity contribution in [1.29, 1.82) is 0 Å². The van der Waals surface area contributed by atoms with Crippen LogP contribution < -0.4 is 4.90 Å². The third kappa shape index (κ3) is 3.72. The lowest BCUT2D eigenvalue weighted by Gasteiger charge is -2.32. The van der Waals surface area contributed by atoms with Gasteiger partial charge < -0.3 is 10.0 Å². The molecular weight excluding hydrogens is 233 g/mol. The van der Waals surface area contributed by atoms with Crippen molar-refractivity contribution in [3.05, 3.63) is 30.1 Å². The molecule has 1 aromatic carbocycles. The van der Waals surface area contributed by atoms with Crippen molar-refractivity contribution in [3.8, 4) is 0 Å². The van der Waals surface area contributed by atoms with Gasteiger partial charge in [0.1, 0.15) is 5.82 Å². The predicted molar refractivity (Wildman–Crippen MR) is 70.3 cm³/mol. The molecule has 1 saturated heterocycles. The van der Waals surface area contributed by atoms with Gasteiger partial charge in [-0.05, 0) is 37.1 Å². The van der Waals surface area contributed by atoms with Gasteiger partial charge in [0, 0.05) is 18.8 Å². The van der Waals surface area contributed by atoms with E-state index in [0.29, 0.717) is 6.54 Å². The number of nitrogens with zero attached hydrogens (tertiary/aromatic N) is 1. The fourth-order valence-corrected chi connectivity index (χ4v) is 2.07. The van der Waals surface area contributed by atoms with Crippen LogP contribution in [0.5, 0.6) is 0 Å². The molecule has 1 aliphatic heterocycles. The summed E-state index contributed by atoms with van der Waals surface area (Å²) in [4.78, 5) is 12.9. The molecule has 0 amide bonds. The second-order valence-corrected chi connectivity index (χ2v) is 4.10. The van der Waals surface area contributed by atoms with Crippen LogP contribution >= 0.6 is 0 Å². The highest BCUT2D eigenvalue weighted by Crippen LogP contribution is 2.23. The molecule has 0 spiro atoms. The summed E-state index contributed by atoms with van der Waals surface area (Å²) in [6.07, 6.45) is 1.60. The molecular formula is C14H20FNO2. The van der Waals surface area contributed by atoms with Crippen molar-refractivity contribution >= 4 is 11.7 Å². The highest BCUT2D eigenvalue weighted by atomic mass is 19.1. The zero-order valence-electron chi connectivity index (χ0n) is 10.9. The minimum absolute atomic E-state index is 0.268. The van der Waals surface area contributed by atoms with Crippen LogP contribution in [0.4, 0.5) is 10.1 Å². The van der Waals surface area contributed by atoms with Gasteiger partial charge in [-0.3, -0.25) is 4.79 Å². The molecule has 0 bridgehead atoms. The Kier molecular flexibility index (Phi) is 5.62. The molecule has 3 nitrogen and oxygen atoms in total. The number of rotatable bonds is 2. The highest BCUT2D eigenvalue weighted by Gasteiger charge is 2.25. The van der Waals surface area contributed by atoms with E-state index in [1.54, 1.807) is 12.1 Å². The van der Waals surface area contributed by atoms with Gasteiger partial charge in [-0.15, -0.1) is 0 Å². The molecule has 1 heterocycles. The quantitative estimate of drug-likeness (QED) is 0.880. The van der Waals surface area contributed by atoms with E-state index in [4.69, 9.17) is 5.11 Å². The third-order valence-electron chi connectivity index (χ3n) is 2.96. The molecule has 1 N–H and O–H groups in total. The molecule has 0 radical (unpaired) electrons. The minimum atomic E-state index is -0.744. The molecule has 1 atom stereocenters. The van der Waals surface area contributed by atoms with E-state index in [1.807, 2.05) is 18.7 Å². The van der Waals surface area contributed by atoms with Crippen LogP contribution in [0.1, 0.15) is 26.7 Å². The molecule has 1 unspecified atom stereocenters. The Morgan fingerprint density at radius 1 is 1.33 bits per heavy atom. The number of aliphatic carboxylic acids is 1. The van der Waals surface area contributed by atoms with E-state index in [-0.39, 0.29) is 11.7 Å². The van der Waals surface area contributed by atoms with E-state index in [2.05, 4.69) is 0 Å². The lowest BCUT2D eigenvalue weighted by atomic mass is 9.98.